The summed E-state index contributed by atoms with van der Waals surface area (Å²) in [5.74, 6) is 1.46. The molecule has 5 heteroatoms. The summed E-state index contributed by atoms with van der Waals surface area (Å²) in [5, 5.41) is 9.24. The standard InChI is InChI=1S/C13H14ClNO3/c1-3-5-8(4-2)18-12-7-11(15)10(14)6-9(12)13(16)17/h2,6-8H,3,5,15H2,1H3,(H,16,17). The summed E-state index contributed by atoms with van der Waals surface area (Å²) in [5.41, 5.74) is 5.83. The molecular formula is C13H14ClNO3. The van der Waals surface area contributed by atoms with E-state index in [0.29, 0.717) is 6.42 Å². The number of nitrogens with two attached hydrogens (primary N) is 1. The maximum atomic E-state index is 11.1. The molecule has 1 unspecified atom stereocenters. The SMILES string of the molecule is C#CC(CCC)Oc1cc(N)c(Cl)cc1C(=O)O. The minimum Gasteiger partial charge on any atom is -0.478 e. The van der Waals surface area contributed by atoms with Gasteiger partial charge in [-0.25, -0.2) is 4.79 Å². The van der Waals surface area contributed by atoms with E-state index < -0.39 is 12.1 Å². The van der Waals surface area contributed by atoms with Crippen LogP contribution >= 0.6 is 11.6 Å². The Labute approximate surface area is 111 Å². The molecule has 0 bridgehead atoms. The van der Waals surface area contributed by atoms with E-state index in [1.807, 2.05) is 6.92 Å². The van der Waals surface area contributed by atoms with Crippen molar-refractivity contribution in [2.24, 2.45) is 0 Å². The third-order valence-electron chi connectivity index (χ3n) is 2.34. The Morgan fingerprint density at radius 1 is 1.67 bits per heavy atom. The van der Waals surface area contributed by atoms with Gasteiger partial charge in [-0.1, -0.05) is 30.9 Å². The average Bonchev–Trinajstić information content (AvgIpc) is 2.32. The molecule has 0 fully saturated rings. The first kappa shape index (κ1) is 14.2. The molecule has 1 aromatic rings. The highest BCUT2D eigenvalue weighted by molar-refractivity contribution is 6.33. The minimum absolute atomic E-state index is 0.0504. The largest absolute Gasteiger partial charge is 0.478 e. The monoisotopic (exact) mass is 267 g/mol. The van der Waals surface area contributed by atoms with Crippen molar-refractivity contribution in [1.29, 1.82) is 0 Å². The van der Waals surface area contributed by atoms with E-state index in [2.05, 4.69) is 5.92 Å². The second-order valence-corrected chi connectivity index (χ2v) is 4.14. The topological polar surface area (TPSA) is 72.5 Å². The summed E-state index contributed by atoms with van der Waals surface area (Å²) >= 11 is 5.78. The summed E-state index contributed by atoms with van der Waals surface area (Å²) in [6.07, 6.45) is 6.31. The van der Waals surface area contributed by atoms with E-state index in [0.717, 1.165) is 6.42 Å². The molecule has 0 saturated heterocycles. The molecule has 0 radical (unpaired) electrons. The fraction of sp³-hybridized carbons (Fsp3) is 0.308. The third kappa shape index (κ3) is 3.31. The third-order valence-corrected chi connectivity index (χ3v) is 2.66. The predicted octanol–water partition coefficient (Wildman–Crippen LogP) is 2.80. The van der Waals surface area contributed by atoms with Crippen molar-refractivity contribution >= 4 is 23.3 Å². The zero-order valence-corrected chi connectivity index (χ0v) is 10.7. The van der Waals surface area contributed by atoms with Gasteiger partial charge in [0.05, 0.1) is 10.7 Å². The number of hydrogen-bond donors (Lipinski definition) is 2. The Hall–Kier alpha value is -1.86. The van der Waals surface area contributed by atoms with Crippen molar-refractivity contribution in [2.45, 2.75) is 25.9 Å². The van der Waals surface area contributed by atoms with Crippen molar-refractivity contribution in [3.05, 3.63) is 22.7 Å². The van der Waals surface area contributed by atoms with Crippen LogP contribution in [-0.4, -0.2) is 17.2 Å². The molecule has 3 N–H and O–H groups in total. The number of aromatic carboxylic acids is 1. The lowest BCUT2D eigenvalue weighted by Crippen LogP contribution is -2.16. The second kappa shape index (κ2) is 6.18. The second-order valence-electron chi connectivity index (χ2n) is 3.74. The Balaban J connectivity index is 3.11. The van der Waals surface area contributed by atoms with Gasteiger partial charge in [0.1, 0.15) is 11.3 Å². The van der Waals surface area contributed by atoms with E-state index in [1.54, 1.807) is 0 Å². The lowest BCUT2D eigenvalue weighted by molar-refractivity contribution is 0.0691. The molecule has 0 aliphatic heterocycles. The van der Waals surface area contributed by atoms with E-state index in [4.69, 9.17) is 33.6 Å². The molecule has 0 spiro atoms. The number of benzene rings is 1. The number of carbonyl (C=O) groups is 1. The summed E-state index contributed by atoms with van der Waals surface area (Å²) in [6, 6.07) is 2.64. The number of anilines is 1. The molecule has 0 aliphatic carbocycles. The van der Waals surface area contributed by atoms with Crippen LogP contribution < -0.4 is 10.5 Å². The molecule has 0 saturated carbocycles. The summed E-state index contributed by atoms with van der Waals surface area (Å²) in [4.78, 5) is 11.1. The van der Waals surface area contributed by atoms with Gasteiger partial charge in [0.25, 0.3) is 0 Å². The van der Waals surface area contributed by atoms with Gasteiger partial charge < -0.3 is 15.6 Å². The maximum Gasteiger partial charge on any atom is 0.339 e. The van der Waals surface area contributed by atoms with Crippen LogP contribution in [0, 0.1) is 12.3 Å². The van der Waals surface area contributed by atoms with Crippen LogP contribution in [0.5, 0.6) is 5.75 Å². The molecule has 0 aromatic heterocycles. The van der Waals surface area contributed by atoms with Crippen LogP contribution in [0.25, 0.3) is 0 Å². The summed E-state index contributed by atoms with van der Waals surface area (Å²) in [6.45, 7) is 1.96. The molecular weight excluding hydrogens is 254 g/mol. The highest BCUT2D eigenvalue weighted by Gasteiger charge is 2.17. The Kier molecular flexibility index (Phi) is 4.87. The molecule has 4 nitrogen and oxygen atoms in total. The van der Waals surface area contributed by atoms with E-state index in [9.17, 15) is 4.79 Å². The Morgan fingerprint density at radius 3 is 2.83 bits per heavy atom. The molecule has 1 aromatic carbocycles. The highest BCUT2D eigenvalue weighted by Crippen LogP contribution is 2.30. The van der Waals surface area contributed by atoms with E-state index in [1.165, 1.54) is 12.1 Å². The van der Waals surface area contributed by atoms with Gasteiger partial charge in [-0.05, 0) is 12.5 Å². The average molecular weight is 268 g/mol. The van der Waals surface area contributed by atoms with Crippen LogP contribution in [0.2, 0.25) is 5.02 Å². The number of carboxylic acid groups (broad SMARTS) is 1. The molecule has 1 rings (SSSR count). The van der Waals surface area contributed by atoms with Crippen LogP contribution in [0.15, 0.2) is 12.1 Å². The number of nitrogen functional groups attached to an aromatic ring is 1. The number of hydrogen-bond acceptors (Lipinski definition) is 3. The maximum absolute atomic E-state index is 11.1. The predicted molar refractivity (Wildman–Crippen MR) is 71.0 cm³/mol. The molecule has 0 amide bonds. The van der Waals surface area contributed by atoms with Crippen LogP contribution in [0.3, 0.4) is 0 Å². The number of halogens is 1. The number of carboxylic acids is 1. The van der Waals surface area contributed by atoms with Gasteiger partial charge in [0.2, 0.25) is 0 Å². The fourth-order valence-electron chi connectivity index (χ4n) is 1.43. The molecule has 0 aliphatic rings. The lowest BCUT2D eigenvalue weighted by Gasteiger charge is -2.15. The van der Waals surface area contributed by atoms with Crippen LogP contribution in [-0.2, 0) is 0 Å². The summed E-state index contributed by atoms with van der Waals surface area (Å²) in [7, 11) is 0. The van der Waals surface area contributed by atoms with Crippen molar-refractivity contribution in [1.82, 2.24) is 0 Å². The zero-order valence-electron chi connectivity index (χ0n) is 9.94. The molecule has 96 valence electrons. The number of rotatable bonds is 5. The van der Waals surface area contributed by atoms with Crippen LogP contribution in [0.4, 0.5) is 5.69 Å². The first-order valence-electron chi connectivity index (χ1n) is 5.44. The minimum atomic E-state index is -1.14. The van der Waals surface area contributed by atoms with Gasteiger partial charge in [-0.3, -0.25) is 0 Å². The van der Waals surface area contributed by atoms with Gasteiger partial charge in [0.15, 0.2) is 6.10 Å². The normalized spacial score (nSPS) is 11.6. The fourth-order valence-corrected chi connectivity index (χ4v) is 1.59. The van der Waals surface area contributed by atoms with Gasteiger partial charge in [-0.2, -0.15) is 0 Å². The highest BCUT2D eigenvalue weighted by atomic mass is 35.5. The first-order valence-corrected chi connectivity index (χ1v) is 5.82. The van der Waals surface area contributed by atoms with Crippen molar-refractivity contribution < 1.29 is 14.6 Å². The van der Waals surface area contributed by atoms with E-state index in [-0.39, 0.29) is 22.0 Å². The van der Waals surface area contributed by atoms with Crippen molar-refractivity contribution in [3.8, 4) is 18.1 Å². The smallest absolute Gasteiger partial charge is 0.339 e. The van der Waals surface area contributed by atoms with Crippen molar-refractivity contribution in [2.75, 3.05) is 5.73 Å². The molecule has 1 atom stereocenters. The quantitative estimate of drug-likeness (QED) is 0.636. The van der Waals surface area contributed by atoms with Gasteiger partial charge >= 0.3 is 5.97 Å². The van der Waals surface area contributed by atoms with Gasteiger partial charge in [0, 0.05) is 6.07 Å². The first-order chi connectivity index (χ1) is 8.49. The van der Waals surface area contributed by atoms with Crippen molar-refractivity contribution in [3.63, 3.8) is 0 Å². The number of terminal acetylenes is 1. The molecule has 0 heterocycles. The Morgan fingerprint density at radius 2 is 2.33 bits per heavy atom. The van der Waals surface area contributed by atoms with Crippen LogP contribution in [0.1, 0.15) is 30.1 Å². The van der Waals surface area contributed by atoms with E-state index >= 15 is 0 Å². The lowest BCUT2D eigenvalue weighted by atomic mass is 10.1. The Bertz CT molecular complexity index is 494. The summed E-state index contributed by atoms with van der Waals surface area (Å²) < 4.78 is 5.48. The van der Waals surface area contributed by atoms with Gasteiger partial charge in [-0.15, -0.1) is 6.42 Å². The molecule has 18 heavy (non-hydrogen) atoms. The number of ether oxygens (including phenoxy) is 1. The zero-order chi connectivity index (χ0) is 13.7.